The Morgan fingerprint density at radius 2 is 1.55 bits per heavy atom. The van der Waals surface area contributed by atoms with Crippen LogP contribution in [0.3, 0.4) is 0 Å². The van der Waals surface area contributed by atoms with Crippen molar-refractivity contribution in [3.05, 3.63) is 0 Å². The summed E-state index contributed by atoms with van der Waals surface area (Å²) < 4.78 is 2.76. The van der Waals surface area contributed by atoms with E-state index in [4.69, 9.17) is 5.11 Å². The maximum atomic E-state index is 9.19. The first kappa shape index (κ1) is 18.5. The molecule has 0 aromatic rings. The van der Waals surface area contributed by atoms with Crippen LogP contribution in [-0.2, 0) is 0 Å². The van der Waals surface area contributed by atoms with E-state index < -0.39 is 0 Å². The minimum absolute atomic E-state index is 0.229. The number of aliphatic hydroxyl groups excluding tert-OH is 2. The van der Waals surface area contributed by atoms with Crippen LogP contribution in [0.1, 0.15) is 12.8 Å². The van der Waals surface area contributed by atoms with Gasteiger partial charge >= 0.3 is 133 Å². The summed E-state index contributed by atoms with van der Waals surface area (Å²) in [7, 11) is 0. The quantitative estimate of drug-likeness (QED) is 0.216. The van der Waals surface area contributed by atoms with Crippen molar-refractivity contribution in [1.29, 1.82) is 0 Å². The van der Waals surface area contributed by atoms with Gasteiger partial charge in [-0.25, -0.2) is 0 Å². The minimum atomic E-state index is -0.242. The first-order valence-corrected chi connectivity index (χ1v) is 10.1. The number of hydrogen-bond donors (Lipinski definition) is 4. The van der Waals surface area contributed by atoms with Crippen molar-refractivity contribution >= 4 is 0 Å². The molecule has 1 aliphatic rings. The normalized spacial score (nSPS) is 22.7. The van der Waals surface area contributed by atoms with Gasteiger partial charge in [0.15, 0.2) is 0 Å². The van der Waals surface area contributed by atoms with Crippen LogP contribution in [0.15, 0.2) is 0 Å². The van der Waals surface area contributed by atoms with Gasteiger partial charge in [0.2, 0.25) is 0 Å². The molecule has 0 spiro atoms. The number of aliphatic hydroxyl groups is 2. The molecule has 20 heavy (non-hydrogen) atoms. The molecule has 122 valence electrons. The number of halogens is 1. The molecule has 0 saturated carbocycles. The van der Waals surface area contributed by atoms with Gasteiger partial charge in [-0.3, -0.25) is 0 Å². The summed E-state index contributed by atoms with van der Waals surface area (Å²) in [6.45, 7) is 9.23. The molecule has 0 aromatic carbocycles. The van der Waals surface area contributed by atoms with E-state index in [0.717, 1.165) is 71.7 Å². The van der Waals surface area contributed by atoms with Gasteiger partial charge in [-0.2, -0.15) is 0 Å². The van der Waals surface area contributed by atoms with E-state index in [-0.39, 0.29) is 28.1 Å². The van der Waals surface area contributed by atoms with Crippen molar-refractivity contribution in [3.63, 3.8) is 0 Å². The monoisotopic (exact) mass is 401 g/mol. The molecule has 1 heterocycles. The van der Waals surface area contributed by atoms with Crippen molar-refractivity contribution in [2.45, 2.75) is 12.8 Å². The van der Waals surface area contributed by atoms with Crippen LogP contribution < -0.4 is 32.1 Å². The number of β-amino-alcohol motifs (C(OH)–C–C–N with tert-alkyl or cyclic N) is 1. The molecule has 0 radical (unpaired) electrons. The Hall–Kier alpha value is 0.490. The molecule has 0 aromatic heterocycles. The SMILES string of the molecule is OCCN1CCCNCCNCCCN([I-]CO)CC1. The van der Waals surface area contributed by atoms with Gasteiger partial charge < -0.3 is 0 Å². The summed E-state index contributed by atoms with van der Waals surface area (Å²) in [5.74, 6) is 0. The van der Waals surface area contributed by atoms with Gasteiger partial charge in [0.1, 0.15) is 0 Å². The first-order chi connectivity index (χ1) is 9.86. The van der Waals surface area contributed by atoms with E-state index in [1.807, 2.05) is 0 Å². The van der Waals surface area contributed by atoms with E-state index in [2.05, 4.69) is 18.6 Å². The molecule has 1 saturated heterocycles. The average molecular weight is 401 g/mol. The van der Waals surface area contributed by atoms with E-state index in [1.165, 1.54) is 0 Å². The van der Waals surface area contributed by atoms with Crippen molar-refractivity contribution in [2.75, 3.05) is 70.1 Å². The molecule has 1 fully saturated rings. The Kier molecular flexibility index (Phi) is 12.2. The Labute approximate surface area is 133 Å². The van der Waals surface area contributed by atoms with E-state index in [0.29, 0.717) is 4.61 Å². The van der Waals surface area contributed by atoms with Crippen molar-refractivity contribution in [3.8, 4) is 0 Å². The second-order valence-electron chi connectivity index (χ2n) is 4.92. The fourth-order valence-corrected chi connectivity index (χ4v) is 3.93. The summed E-state index contributed by atoms with van der Waals surface area (Å²) >= 11 is -0.242. The molecule has 6 nitrogen and oxygen atoms in total. The summed E-state index contributed by atoms with van der Waals surface area (Å²) in [6.07, 6.45) is 2.26. The number of nitrogens with one attached hydrogen (secondary N) is 2. The van der Waals surface area contributed by atoms with Crippen LogP contribution in [-0.4, -0.2) is 88.3 Å². The number of rotatable bonds is 4. The zero-order valence-corrected chi connectivity index (χ0v) is 14.5. The molecule has 0 bridgehead atoms. The molecule has 7 heteroatoms. The maximum absolute atomic E-state index is 9.19. The molecule has 1 rings (SSSR count). The molecule has 0 aliphatic carbocycles. The molecule has 4 N–H and O–H groups in total. The van der Waals surface area contributed by atoms with E-state index >= 15 is 0 Å². The van der Waals surface area contributed by atoms with Crippen LogP contribution in [0.4, 0.5) is 0 Å². The summed E-state index contributed by atoms with van der Waals surface area (Å²) in [6, 6.07) is 0. The summed E-state index contributed by atoms with van der Waals surface area (Å²) in [5, 5.41) is 25.2. The van der Waals surface area contributed by atoms with Gasteiger partial charge in [0.05, 0.1) is 0 Å². The molecule has 0 amide bonds. The predicted molar refractivity (Wildman–Crippen MR) is 77.2 cm³/mol. The van der Waals surface area contributed by atoms with Crippen LogP contribution in [0, 0.1) is 0 Å². The third-order valence-corrected chi connectivity index (χ3v) is 5.59. The first-order valence-electron chi connectivity index (χ1n) is 7.56. The fourth-order valence-electron chi connectivity index (χ4n) is 2.26. The van der Waals surface area contributed by atoms with Crippen LogP contribution in [0.2, 0.25) is 0 Å². The fraction of sp³-hybridized carbons (Fsp3) is 1.00. The van der Waals surface area contributed by atoms with Crippen LogP contribution in [0.25, 0.3) is 0 Å². The van der Waals surface area contributed by atoms with E-state index in [1.54, 1.807) is 0 Å². The Morgan fingerprint density at radius 1 is 0.850 bits per heavy atom. The molecule has 1 aliphatic heterocycles. The van der Waals surface area contributed by atoms with Crippen LogP contribution in [0.5, 0.6) is 0 Å². The van der Waals surface area contributed by atoms with Gasteiger partial charge in [-0.15, -0.1) is 0 Å². The zero-order chi connectivity index (χ0) is 14.5. The van der Waals surface area contributed by atoms with Crippen molar-refractivity contribution in [2.24, 2.45) is 0 Å². The Morgan fingerprint density at radius 3 is 2.20 bits per heavy atom. The average Bonchev–Trinajstić information content (AvgIpc) is 2.45. The predicted octanol–water partition coefficient (Wildman–Crippen LogP) is -4.49. The van der Waals surface area contributed by atoms with Crippen molar-refractivity contribution in [1.82, 2.24) is 18.6 Å². The Bertz CT molecular complexity index is 203. The van der Waals surface area contributed by atoms with Gasteiger partial charge in [0.25, 0.3) is 0 Å². The number of nitrogens with zero attached hydrogens (tertiary/aromatic N) is 2. The second-order valence-corrected chi connectivity index (χ2v) is 7.65. The number of alkyl halides is 1. The molecular weight excluding hydrogens is 371 g/mol. The van der Waals surface area contributed by atoms with Crippen LogP contribution >= 0.6 is 0 Å². The molecule has 0 atom stereocenters. The topological polar surface area (TPSA) is 71.0 Å². The standard InChI is InChI=1S/C13H30IN4O2/c19-12-11-17-7-1-3-15-5-6-16-4-2-8-18(10-9-17)14-13-20/h15-16,19-20H,1-13H2/q-1. The second kappa shape index (κ2) is 13.2. The molecular formula is C13H30IN4O2-. The van der Waals surface area contributed by atoms with E-state index in [9.17, 15) is 5.11 Å². The molecule has 0 unspecified atom stereocenters. The zero-order valence-electron chi connectivity index (χ0n) is 12.4. The van der Waals surface area contributed by atoms with Crippen molar-refractivity contribution < 1.29 is 31.7 Å². The van der Waals surface area contributed by atoms with Gasteiger partial charge in [0, 0.05) is 0 Å². The van der Waals surface area contributed by atoms with Gasteiger partial charge in [-0.05, 0) is 0 Å². The summed E-state index contributed by atoms with van der Waals surface area (Å²) in [5.41, 5.74) is 0. The number of hydrogen-bond acceptors (Lipinski definition) is 6. The van der Waals surface area contributed by atoms with Gasteiger partial charge in [-0.1, -0.05) is 0 Å². The third-order valence-electron chi connectivity index (χ3n) is 3.36. The Balaban J connectivity index is 2.39. The summed E-state index contributed by atoms with van der Waals surface area (Å²) in [4.78, 5) is 2.33. The third kappa shape index (κ3) is 9.43.